The van der Waals surface area contributed by atoms with E-state index < -0.39 is 15.2 Å². The van der Waals surface area contributed by atoms with Crippen molar-refractivity contribution in [1.29, 1.82) is 0 Å². The number of halogens is 4. The van der Waals surface area contributed by atoms with Crippen molar-refractivity contribution in [3.8, 4) is 0 Å². The summed E-state index contributed by atoms with van der Waals surface area (Å²) < 4.78 is 27.9. The first-order valence-corrected chi connectivity index (χ1v) is 42.6. The minimum absolute atomic E-state index is 0. The molecule has 0 radical (unpaired) electrons. The average molecular weight is 1560 g/mol. The Balaban J connectivity index is -0.000000176. The third-order valence-corrected chi connectivity index (χ3v) is 15.6. The molecule has 1 N–H and O–H groups in total. The van der Waals surface area contributed by atoms with E-state index in [1.807, 2.05) is 18.2 Å². The minimum Gasteiger partial charge on any atom is -0.599 e. The molecular weight excluding hydrogens is 1420 g/mol. The van der Waals surface area contributed by atoms with Crippen LogP contribution < -0.4 is 37.7 Å². The molecular formula is C88H146BrCl3Li2O8S. The van der Waals surface area contributed by atoms with Crippen LogP contribution >= 0.6 is 48.9 Å². The normalized spacial score (nSPS) is 10.7. The van der Waals surface area contributed by atoms with Crippen molar-refractivity contribution in [2.45, 2.75) is 344 Å². The predicted octanol–water partition coefficient (Wildman–Crippen LogP) is 26.3. The third kappa shape index (κ3) is 129. The second-order valence-corrected chi connectivity index (χ2v) is 27.9. The molecule has 0 unspecified atom stereocenters. The van der Waals surface area contributed by atoms with E-state index in [1.54, 1.807) is 55.6 Å². The van der Waals surface area contributed by atoms with E-state index in [-0.39, 0.29) is 57.8 Å². The first-order chi connectivity index (χ1) is 48.6. The molecule has 0 aliphatic heterocycles. The van der Waals surface area contributed by atoms with Gasteiger partial charge in [-0.3, -0.25) is 9.59 Å². The zero-order valence-electron chi connectivity index (χ0n) is 64.4. The van der Waals surface area contributed by atoms with Crippen LogP contribution in [0.3, 0.4) is 0 Å². The number of carbonyl (C=O) groups is 2. The number of aryl methyl sites for hydroxylation is 1. The van der Waals surface area contributed by atoms with E-state index in [2.05, 4.69) is 194 Å². The number of carboxylic acids is 1. The molecule has 582 valence electrons. The van der Waals surface area contributed by atoms with Gasteiger partial charge in [0.15, 0.2) is 0 Å². The van der Waals surface area contributed by atoms with Crippen LogP contribution in [-0.4, -0.2) is 25.9 Å². The van der Waals surface area contributed by atoms with Crippen molar-refractivity contribution in [2.75, 3.05) is 5.33 Å². The van der Waals surface area contributed by atoms with Crippen LogP contribution in [0.25, 0.3) is 0 Å². The largest absolute Gasteiger partial charge is 1.00 e. The summed E-state index contributed by atoms with van der Waals surface area (Å²) in [6.07, 6.45) is 107. The Hall–Kier alpha value is -3.13. The number of alkyl halides is 1. The van der Waals surface area contributed by atoms with Crippen molar-refractivity contribution >= 4 is 69.3 Å². The zero-order valence-corrected chi connectivity index (χ0v) is 69.1. The number of aliphatic carboxylic acids is 1. The quantitative estimate of drug-likeness (QED) is 0.0116. The first kappa shape index (κ1) is 116. The smallest absolute Gasteiger partial charge is 0.599 e. The molecule has 4 aromatic heterocycles. The van der Waals surface area contributed by atoms with Gasteiger partial charge >= 0.3 is 43.7 Å². The van der Waals surface area contributed by atoms with E-state index in [9.17, 15) is 9.59 Å². The molecule has 0 atom stereocenters. The summed E-state index contributed by atoms with van der Waals surface area (Å²) in [4.78, 5) is 20.8. The Bertz CT molecular complexity index is 2140. The van der Waals surface area contributed by atoms with Crippen molar-refractivity contribution in [3.05, 3.63) is 195 Å². The zero-order chi connectivity index (χ0) is 73.0. The summed E-state index contributed by atoms with van der Waals surface area (Å²) in [5.41, 5.74) is 0. The van der Waals surface area contributed by atoms with Crippen LogP contribution in [-0.2, 0) is 25.2 Å². The number of allylic oxidation sites excluding steroid dienone is 16. The summed E-state index contributed by atoms with van der Waals surface area (Å²) in [7, 11) is 7.36. The molecule has 0 spiro atoms. The van der Waals surface area contributed by atoms with Gasteiger partial charge in [-0.25, -0.2) is 4.21 Å². The maximum absolute atomic E-state index is 10.5. The molecule has 4 rings (SSSR count). The maximum atomic E-state index is 10.5. The number of carbonyl (C=O) groups excluding carboxylic acids is 1. The SMILES string of the molecule is C.C.CCCCC/C=C\C/C=C\CCCCCCCBr.CCCCC/C=C\C/C=C\CCCCCCCC(=O)Cl.CCCCC/C=C\C/C=C\CCCCCCCC(=O)O.CCCCC/C=C\C/C=C\CCCCCCCc1ccco1.O=S(Cl)Cl.[Li+].[Li+].[c-]1ccco1.[c-]1ccco1.c1ccoc1. The number of furan rings is 4. The topological polar surface area (TPSA) is 124 Å². The molecule has 4 aromatic rings. The Morgan fingerprint density at radius 2 is 0.699 bits per heavy atom. The van der Waals surface area contributed by atoms with Crippen LogP contribution in [0, 0.1) is 12.5 Å². The predicted molar refractivity (Wildman–Crippen MR) is 450 cm³/mol. The van der Waals surface area contributed by atoms with Crippen molar-refractivity contribution in [3.63, 3.8) is 0 Å². The maximum Gasteiger partial charge on any atom is 1.00 e. The van der Waals surface area contributed by atoms with Gasteiger partial charge < -0.3 is 22.8 Å². The van der Waals surface area contributed by atoms with E-state index in [1.165, 1.54) is 225 Å². The molecule has 0 amide bonds. The van der Waals surface area contributed by atoms with E-state index >= 15 is 0 Å². The number of hydrogen-bond donors (Lipinski definition) is 1. The fourth-order valence-corrected chi connectivity index (χ4v) is 9.78. The van der Waals surface area contributed by atoms with Crippen molar-refractivity contribution in [1.82, 2.24) is 0 Å². The Morgan fingerprint density at radius 3 is 0.932 bits per heavy atom. The molecule has 0 fully saturated rings. The number of rotatable bonds is 55. The Labute approximate surface area is 682 Å². The van der Waals surface area contributed by atoms with Gasteiger partial charge in [0, 0.05) is 46.0 Å². The van der Waals surface area contributed by atoms with Gasteiger partial charge in [-0.15, -0.1) is 12.1 Å². The molecule has 0 aliphatic rings. The van der Waals surface area contributed by atoms with Gasteiger partial charge in [-0.2, -0.15) is 12.1 Å². The second-order valence-electron chi connectivity index (χ2n) is 24.1. The molecule has 15 heteroatoms. The van der Waals surface area contributed by atoms with E-state index in [4.69, 9.17) is 25.3 Å². The fourth-order valence-electron chi connectivity index (χ4n) is 9.25. The molecule has 0 saturated heterocycles. The summed E-state index contributed by atoms with van der Waals surface area (Å²) in [5, 5.41) is 9.47. The average Bonchev–Trinajstić information content (AvgIpc) is 1.92. The molecule has 0 aromatic carbocycles. The molecule has 0 aliphatic carbocycles. The summed E-state index contributed by atoms with van der Waals surface area (Å²) in [6.45, 7) is 8.99. The van der Waals surface area contributed by atoms with Crippen LogP contribution in [0.1, 0.15) is 344 Å². The number of unbranched alkanes of at least 4 members (excludes halogenated alkanes) is 32. The molecule has 103 heavy (non-hydrogen) atoms. The molecule has 0 bridgehead atoms. The molecule has 0 saturated carbocycles. The van der Waals surface area contributed by atoms with Gasteiger partial charge in [0.2, 0.25) is 14.5 Å². The van der Waals surface area contributed by atoms with Gasteiger partial charge in [0.05, 0.1) is 18.8 Å². The summed E-state index contributed by atoms with van der Waals surface area (Å²) in [5.74, 6) is 0.460. The van der Waals surface area contributed by atoms with Crippen LogP contribution in [0.15, 0.2) is 195 Å². The van der Waals surface area contributed by atoms with Gasteiger partial charge in [-0.05, 0) is 202 Å². The summed E-state index contributed by atoms with van der Waals surface area (Å²) in [6, 6.07) is 14.7. The van der Waals surface area contributed by atoms with Gasteiger partial charge in [-0.1, -0.05) is 297 Å². The van der Waals surface area contributed by atoms with Crippen LogP contribution in [0.5, 0.6) is 0 Å². The van der Waals surface area contributed by atoms with E-state index in [0.717, 1.165) is 75.3 Å². The number of carboxylic acid groups (broad SMARTS) is 1. The monoisotopic (exact) mass is 1560 g/mol. The minimum atomic E-state index is -1.67. The van der Waals surface area contributed by atoms with Crippen LogP contribution in [0.4, 0.5) is 0 Å². The third-order valence-electron chi connectivity index (χ3n) is 14.9. The standard InChI is InChI=1S/C21H34O.C18H31ClO.C18H32O2.C17H31Br.C4H4O.2C4H3O.2CH4.Cl2OS.2Li/c1-2-3-4-5-6-7-8-9-10-11-12-13-14-15-16-18-21-19-17-20-22-21;2*1-2-3-4-5-6-7-8-9-10-11-12-13-14-15-16-17-18(19)20;1-2-3-4-5-6-7-8-9-10-11-12-13-14-15-16-17-18;3*1-2-4-5-3-1;;;1-4(2)3;;/h6-7,9-10,17,19-20H,2-5,8,11-16,18H2,1H3;6-7,9-10H,2-5,8,11-17H2,1H3;6-7,9-10H,2-5,8,11-17H2,1H3,(H,19,20);6-7,9-10H,2-5,8,11-17H2,1H3;1-4H;2*1-3H;2*1H4;;;/q;;;;;2*-1;;;;2*+1/b4*7-6-,10-9-;;;;;;;;. The first-order valence-electron chi connectivity index (χ1n) is 38.3. The molecule has 4 heterocycles. The number of hydrogen-bond acceptors (Lipinski definition) is 7. The van der Waals surface area contributed by atoms with E-state index in [0.29, 0.717) is 12.8 Å². The van der Waals surface area contributed by atoms with Crippen molar-refractivity contribution < 1.29 is 74.3 Å². The van der Waals surface area contributed by atoms with Crippen molar-refractivity contribution in [2.24, 2.45) is 0 Å². The molecule has 8 nitrogen and oxygen atoms in total. The summed E-state index contributed by atoms with van der Waals surface area (Å²) >= 11 is 8.75. The Kier molecular flexibility index (Phi) is 126. The van der Waals surface area contributed by atoms with Crippen LogP contribution in [0.2, 0.25) is 0 Å². The second kappa shape index (κ2) is 112. The fraction of sp³-hybridized carbons (Fsp3) is 0.614. The van der Waals surface area contributed by atoms with Gasteiger partial charge in [0.1, 0.15) is 5.76 Å². The Morgan fingerprint density at radius 1 is 0.408 bits per heavy atom. The van der Waals surface area contributed by atoms with Gasteiger partial charge in [0.25, 0.3) is 0 Å².